The molecule has 1 aromatic heterocycles. The number of hydrogen-bond acceptors (Lipinski definition) is 5. The van der Waals surface area contributed by atoms with Crippen LogP contribution in [0.3, 0.4) is 0 Å². The van der Waals surface area contributed by atoms with Gasteiger partial charge in [0.25, 0.3) is 0 Å². The summed E-state index contributed by atoms with van der Waals surface area (Å²) in [4.78, 5) is 11.6. The van der Waals surface area contributed by atoms with Crippen LogP contribution in [-0.2, 0) is 16.1 Å². The molecule has 0 unspecified atom stereocenters. The molecule has 2 aromatic rings. The van der Waals surface area contributed by atoms with Gasteiger partial charge in [0.1, 0.15) is 17.0 Å². The van der Waals surface area contributed by atoms with Crippen molar-refractivity contribution in [2.45, 2.75) is 32.9 Å². The van der Waals surface area contributed by atoms with Crippen molar-refractivity contribution in [3.8, 4) is 11.3 Å². The van der Waals surface area contributed by atoms with Crippen LogP contribution in [0, 0.1) is 0 Å². The molecule has 0 spiro atoms. The number of ether oxygens (including phenoxy) is 1. The summed E-state index contributed by atoms with van der Waals surface area (Å²) in [5.41, 5.74) is 2.07. The molecule has 2 rings (SSSR count). The lowest BCUT2D eigenvalue weighted by atomic mass is 10.1. The Morgan fingerprint density at radius 2 is 1.95 bits per heavy atom. The number of H-pyrrole nitrogens is 1. The number of aromatic nitrogens is 3. The van der Waals surface area contributed by atoms with E-state index in [1.807, 2.05) is 51.1 Å². The molecule has 112 valence electrons. The van der Waals surface area contributed by atoms with Gasteiger partial charge >= 0.3 is 5.97 Å². The van der Waals surface area contributed by atoms with Gasteiger partial charge in [-0.3, -0.25) is 4.79 Å². The highest BCUT2D eigenvalue weighted by Gasteiger charge is 2.16. The molecule has 0 aliphatic rings. The largest absolute Gasteiger partial charge is 0.459 e. The molecule has 1 heterocycles. The van der Waals surface area contributed by atoms with Crippen LogP contribution >= 0.6 is 0 Å². The molecule has 0 saturated carbocycles. The summed E-state index contributed by atoms with van der Waals surface area (Å²) < 4.78 is 5.23. The quantitative estimate of drug-likeness (QED) is 0.821. The van der Waals surface area contributed by atoms with Gasteiger partial charge in [-0.15, -0.1) is 0 Å². The van der Waals surface area contributed by atoms with Crippen molar-refractivity contribution in [3.63, 3.8) is 0 Å². The van der Waals surface area contributed by atoms with Crippen LogP contribution in [0.1, 0.15) is 26.5 Å². The second-order valence-corrected chi connectivity index (χ2v) is 5.67. The zero-order valence-corrected chi connectivity index (χ0v) is 12.5. The minimum atomic E-state index is -0.470. The van der Waals surface area contributed by atoms with Crippen LogP contribution in [0.4, 0.5) is 0 Å². The SMILES string of the molecule is CC(C)(C)OC(=O)CNCc1n[nH]nc1-c1ccccc1. The van der Waals surface area contributed by atoms with E-state index in [-0.39, 0.29) is 12.5 Å². The summed E-state index contributed by atoms with van der Waals surface area (Å²) in [5, 5.41) is 13.9. The Hall–Kier alpha value is -2.21. The second-order valence-electron chi connectivity index (χ2n) is 5.67. The van der Waals surface area contributed by atoms with Gasteiger partial charge in [-0.1, -0.05) is 30.3 Å². The van der Waals surface area contributed by atoms with Gasteiger partial charge in [-0.2, -0.15) is 15.4 Å². The van der Waals surface area contributed by atoms with Crippen molar-refractivity contribution in [2.24, 2.45) is 0 Å². The summed E-state index contributed by atoms with van der Waals surface area (Å²) >= 11 is 0. The fraction of sp³-hybridized carbons (Fsp3) is 0.400. The first-order valence-corrected chi connectivity index (χ1v) is 6.83. The minimum Gasteiger partial charge on any atom is -0.459 e. The molecule has 6 nitrogen and oxygen atoms in total. The van der Waals surface area contributed by atoms with Gasteiger partial charge in [0.15, 0.2) is 0 Å². The van der Waals surface area contributed by atoms with E-state index >= 15 is 0 Å². The lowest BCUT2D eigenvalue weighted by Gasteiger charge is -2.19. The first-order chi connectivity index (χ1) is 9.96. The summed E-state index contributed by atoms with van der Waals surface area (Å²) in [5.74, 6) is -0.285. The predicted octanol–water partition coefficient (Wildman–Crippen LogP) is 1.90. The zero-order valence-electron chi connectivity index (χ0n) is 12.5. The lowest BCUT2D eigenvalue weighted by molar-refractivity contribution is -0.153. The number of hydrogen-bond donors (Lipinski definition) is 2. The van der Waals surface area contributed by atoms with Crippen LogP contribution in [0.2, 0.25) is 0 Å². The Labute approximate surface area is 123 Å². The van der Waals surface area contributed by atoms with Gasteiger partial charge in [0.2, 0.25) is 0 Å². The van der Waals surface area contributed by atoms with Crippen molar-refractivity contribution < 1.29 is 9.53 Å². The van der Waals surface area contributed by atoms with Gasteiger partial charge in [0.05, 0.1) is 6.54 Å². The normalized spacial score (nSPS) is 11.4. The van der Waals surface area contributed by atoms with Crippen LogP contribution in [-0.4, -0.2) is 33.5 Å². The number of carbonyl (C=O) groups is 1. The third-order valence-electron chi connectivity index (χ3n) is 2.65. The Kier molecular flexibility index (Phi) is 4.70. The van der Waals surface area contributed by atoms with Crippen molar-refractivity contribution in [2.75, 3.05) is 6.54 Å². The molecule has 0 saturated heterocycles. The first-order valence-electron chi connectivity index (χ1n) is 6.83. The number of benzene rings is 1. The lowest BCUT2D eigenvalue weighted by Crippen LogP contribution is -2.31. The van der Waals surface area contributed by atoms with Crippen LogP contribution < -0.4 is 5.32 Å². The van der Waals surface area contributed by atoms with Crippen molar-refractivity contribution in [3.05, 3.63) is 36.0 Å². The topological polar surface area (TPSA) is 79.9 Å². The van der Waals surface area contributed by atoms with Crippen molar-refractivity contribution >= 4 is 5.97 Å². The maximum absolute atomic E-state index is 11.6. The van der Waals surface area contributed by atoms with E-state index in [4.69, 9.17) is 4.74 Å². The van der Waals surface area contributed by atoms with Crippen LogP contribution in [0.25, 0.3) is 11.3 Å². The van der Waals surface area contributed by atoms with E-state index in [1.165, 1.54) is 0 Å². The number of aromatic amines is 1. The minimum absolute atomic E-state index is 0.137. The van der Waals surface area contributed by atoms with E-state index < -0.39 is 5.60 Å². The van der Waals surface area contributed by atoms with Gasteiger partial charge in [0, 0.05) is 12.1 Å². The summed E-state index contributed by atoms with van der Waals surface area (Å²) in [6.07, 6.45) is 0. The molecule has 21 heavy (non-hydrogen) atoms. The first kappa shape index (κ1) is 15.2. The molecule has 1 aromatic carbocycles. The Morgan fingerprint density at radius 3 is 2.62 bits per heavy atom. The molecule has 0 bridgehead atoms. The smallest absolute Gasteiger partial charge is 0.320 e. The molecule has 0 aliphatic heterocycles. The molecule has 0 fully saturated rings. The predicted molar refractivity (Wildman–Crippen MR) is 79.4 cm³/mol. The molecular weight excluding hydrogens is 268 g/mol. The van der Waals surface area contributed by atoms with Gasteiger partial charge < -0.3 is 10.1 Å². The Morgan fingerprint density at radius 1 is 1.24 bits per heavy atom. The van der Waals surface area contributed by atoms with E-state index in [2.05, 4.69) is 20.7 Å². The third kappa shape index (κ3) is 4.68. The average molecular weight is 288 g/mol. The highest BCUT2D eigenvalue weighted by atomic mass is 16.6. The van der Waals surface area contributed by atoms with Gasteiger partial charge in [-0.25, -0.2) is 0 Å². The summed E-state index contributed by atoms with van der Waals surface area (Å²) in [7, 11) is 0. The number of carbonyl (C=O) groups excluding carboxylic acids is 1. The van der Waals surface area contributed by atoms with Crippen molar-refractivity contribution in [1.82, 2.24) is 20.7 Å². The second kappa shape index (κ2) is 6.49. The monoisotopic (exact) mass is 288 g/mol. The van der Waals surface area contributed by atoms with E-state index in [0.717, 1.165) is 17.0 Å². The number of rotatable bonds is 5. The number of nitrogens with one attached hydrogen (secondary N) is 2. The Balaban J connectivity index is 1.91. The standard InChI is InChI=1S/C15H20N4O2/c1-15(2,3)21-13(20)10-16-9-12-14(18-19-17-12)11-7-5-4-6-8-11/h4-8,16H,9-10H2,1-3H3,(H,17,18,19). The van der Waals surface area contributed by atoms with Crippen LogP contribution in [0.15, 0.2) is 30.3 Å². The highest BCUT2D eigenvalue weighted by Crippen LogP contribution is 2.18. The molecule has 0 amide bonds. The summed E-state index contributed by atoms with van der Waals surface area (Å²) in [6, 6.07) is 9.78. The molecule has 0 aliphatic carbocycles. The highest BCUT2D eigenvalue weighted by molar-refractivity contribution is 5.72. The molecule has 0 atom stereocenters. The van der Waals surface area contributed by atoms with E-state index in [9.17, 15) is 4.79 Å². The zero-order chi connectivity index (χ0) is 15.3. The number of nitrogens with zero attached hydrogens (tertiary/aromatic N) is 2. The third-order valence-corrected chi connectivity index (χ3v) is 2.65. The van der Waals surface area contributed by atoms with E-state index in [1.54, 1.807) is 0 Å². The summed E-state index contributed by atoms with van der Waals surface area (Å²) in [6.45, 7) is 6.11. The molecule has 6 heteroatoms. The maximum atomic E-state index is 11.6. The molecule has 2 N–H and O–H groups in total. The average Bonchev–Trinajstić information content (AvgIpc) is 2.86. The maximum Gasteiger partial charge on any atom is 0.320 e. The fourth-order valence-corrected chi connectivity index (χ4v) is 1.86. The fourth-order valence-electron chi connectivity index (χ4n) is 1.86. The molecular formula is C15H20N4O2. The number of esters is 1. The van der Waals surface area contributed by atoms with E-state index in [0.29, 0.717) is 6.54 Å². The van der Waals surface area contributed by atoms with Crippen LogP contribution in [0.5, 0.6) is 0 Å². The molecule has 0 radical (unpaired) electrons. The van der Waals surface area contributed by atoms with Gasteiger partial charge in [-0.05, 0) is 20.8 Å². The Bertz CT molecular complexity index is 587. The van der Waals surface area contributed by atoms with Crippen molar-refractivity contribution in [1.29, 1.82) is 0 Å².